The number of pyridine rings is 1. The van der Waals surface area contributed by atoms with Gasteiger partial charge in [-0.2, -0.15) is 0 Å². The van der Waals surface area contributed by atoms with Crippen LogP contribution in [0, 0.1) is 0 Å². The fraction of sp³-hybridized carbons (Fsp3) is 0.300. The molecule has 0 N–H and O–H groups in total. The third-order valence-electron chi connectivity index (χ3n) is 2.62. The Kier molecular flexibility index (Phi) is 1.38. The van der Waals surface area contributed by atoms with Gasteiger partial charge in [0.25, 0.3) is 0 Å². The second-order valence-electron chi connectivity index (χ2n) is 3.44. The maximum Gasteiger partial charge on any atom is 0.0831 e. The van der Waals surface area contributed by atoms with Crippen LogP contribution in [0.3, 0.4) is 0 Å². The van der Waals surface area contributed by atoms with Crippen LogP contribution in [-0.4, -0.2) is 18.6 Å². The van der Waals surface area contributed by atoms with Gasteiger partial charge >= 0.3 is 0 Å². The van der Waals surface area contributed by atoms with Gasteiger partial charge < -0.3 is 4.90 Å². The lowest BCUT2D eigenvalue weighted by Crippen LogP contribution is -2.12. The van der Waals surface area contributed by atoms with Gasteiger partial charge in [-0.15, -0.1) is 11.3 Å². The molecule has 0 spiro atoms. The molecule has 0 fully saturated rings. The predicted octanol–water partition coefficient (Wildman–Crippen LogP) is 2.29. The Morgan fingerprint density at radius 1 is 1.54 bits per heavy atom. The van der Waals surface area contributed by atoms with Crippen molar-refractivity contribution in [2.24, 2.45) is 0 Å². The first kappa shape index (κ1) is 7.33. The minimum absolute atomic E-state index is 1.13. The van der Waals surface area contributed by atoms with Gasteiger partial charge in [-0.1, -0.05) is 0 Å². The van der Waals surface area contributed by atoms with E-state index in [9.17, 15) is 0 Å². The summed E-state index contributed by atoms with van der Waals surface area (Å²) in [4.78, 5) is 6.76. The Morgan fingerprint density at radius 2 is 2.46 bits per heavy atom. The van der Waals surface area contributed by atoms with Crippen molar-refractivity contribution >= 4 is 27.2 Å². The molecule has 2 aromatic heterocycles. The molecule has 2 nitrogen and oxygen atoms in total. The number of hydrogen-bond acceptors (Lipinski definition) is 3. The van der Waals surface area contributed by atoms with Crippen molar-refractivity contribution in [2.75, 3.05) is 18.5 Å². The third-order valence-corrected chi connectivity index (χ3v) is 3.53. The van der Waals surface area contributed by atoms with Gasteiger partial charge in [0.05, 0.1) is 15.9 Å². The van der Waals surface area contributed by atoms with E-state index < -0.39 is 0 Å². The van der Waals surface area contributed by atoms with Gasteiger partial charge in [-0.05, 0) is 23.4 Å². The van der Waals surface area contributed by atoms with Crippen molar-refractivity contribution in [3.63, 3.8) is 0 Å². The minimum Gasteiger partial charge on any atom is -0.373 e. The summed E-state index contributed by atoms with van der Waals surface area (Å²) in [7, 11) is 2.16. The smallest absolute Gasteiger partial charge is 0.0831 e. The highest BCUT2D eigenvalue weighted by molar-refractivity contribution is 7.17. The second-order valence-corrected chi connectivity index (χ2v) is 4.35. The molecular formula is C10H10N2S. The van der Waals surface area contributed by atoms with Gasteiger partial charge in [0.15, 0.2) is 0 Å². The van der Waals surface area contributed by atoms with Crippen LogP contribution in [0.2, 0.25) is 0 Å². The summed E-state index contributed by atoms with van der Waals surface area (Å²) in [5, 5.41) is 2.12. The number of aromatic nitrogens is 1. The summed E-state index contributed by atoms with van der Waals surface area (Å²) in [6.07, 6.45) is 3.17. The van der Waals surface area contributed by atoms with Gasteiger partial charge in [-0.3, -0.25) is 4.98 Å². The molecule has 66 valence electrons. The predicted molar refractivity (Wildman–Crippen MR) is 56.6 cm³/mol. The van der Waals surface area contributed by atoms with E-state index in [4.69, 9.17) is 0 Å². The van der Waals surface area contributed by atoms with Gasteiger partial charge in [-0.25, -0.2) is 0 Å². The zero-order valence-corrected chi connectivity index (χ0v) is 8.27. The standard InChI is InChI=1S/C10H10N2S/c1-12-4-2-7-6-11-8-3-5-13-10(8)9(7)12/h3,5-6H,2,4H2,1H3. The van der Waals surface area contributed by atoms with Gasteiger partial charge in [0.2, 0.25) is 0 Å². The molecule has 0 radical (unpaired) electrons. The number of thiophene rings is 1. The highest BCUT2D eigenvalue weighted by atomic mass is 32.1. The molecule has 1 aliphatic heterocycles. The SMILES string of the molecule is CN1CCc2cnc3ccsc3c21. The Morgan fingerprint density at radius 3 is 3.38 bits per heavy atom. The Labute approximate surface area is 80.8 Å². The first-order valence-electron chi connectivity index (χ1n) is 4.42. The highest BCUT2D eigenvalue weighted by Gasteiger charge is 2.19. The normalized spacial score (nSPS) is 15.3. The first-order valence-corrected chi connectivity index (χ1v) is 5.30. The van der Waals surface area contributed by atoms with Crippen LogP contribution in [0.15, 0.2) is 17.6 Å². The van der Waals surface area contributed by atoms with E-state index in [0.717, 1.165) is 18.5 Å². The minimum atomic E-state index is 1.13. The lowest BCUT2D eigenvalue weighted by molar-refractivity contribution is 0.957. The van der Waals surface area contributed by atoms with Gasteiger partial charge in [0, 0.05) is 19.8 Å². The lowest BCUT2D eigenvalue weighted by atomic mass is 10.2. The first-order chi connectivity index (χ1) is 6.36. The van der Waals surface area contributed by atoms with E-state index >= 15 is 0 Å². The highest BCUT2D eigenvalue weighted by Crippen LogP contribution is 2.36. The van der Waals surface area contributed by atoms with Crippen LogP contribution in [-0.2, 0) is 6.42 Å². The molecule has 0 unspecified atom stereocenters. The van der Waals surface area contributed by atoms with Crippen LogP contribution in [0.5, 0.6) is 0 Å². The van der Waals surface area contributed by atoms with E-state index in [1.807, 2.05) is 6.20 Å². The quantitative estimate of drug-likeness (QED) is 0.633. The number of likely N-dealkylation sites (N-methyl/N-ethyl adjacent to an activating group) is 1. The summed E-state index contributed by atoms with van der Waals surface area (Å²) in [6, 6.07) is 2.09. The van der Waals surface area contributed by atoms with Crippen molar-refractivity contribution in [2.45, 2.75) is 6.42 Å². The summed E-state index contributed by atoms with van der Waals surface area (Å²) < 4.78 is 1.34. The average molecular weight is 190 g/mol. The average Bonchev–Trinajstić information content (AvgIpc) is 2.70. The lowest BCUT2D eigenvalue weighted by Gasteiger charge is -2.11. The van der Waals surface area contributed by atoms with E-state index in [1.165, 1.54) is 16.0 Å². The van der Waals surface area contributed by atoms with Crippen molar-refractivity contribution in [1.29, 1.82) is 0 Å². The third kappa shape index (κ3) is 0.907. The van der Waals surface area contributed by atoms with Crippen molar-refractivity contribution < 1.29 is 0 Å². The van der Waals surface area contributed by atoms with Crippen molar-refractivity contribution in [3.05, 3.63) is 23.2 Å². The summed E-state index contributed by atoms with van der Waals surface area (Å²) in [6.45, 7) is 1.13. The van der Waals surface area contributed by atoms with Gasteiger partial charge in [0.1, 0.15) is 0 Å². The number of rotatable bonds is 0. The fourth-order valence-corrected chi connectivity index (χ4v) is 2.91. The number of fused-ring (bicyclic) bond motifs is 3. The molecule has 3 rings (SSSR count). The summed E-state index contributed by atoms with van der Waals surface area (Å²) in [5.74, 6) is 0. The van der Waals surface area contributed by atoms with Crippen LogP contribution in [0.25, 0.3) is 10.2 Å². The Hall–Kier alpha value is -1.09. The molecule has 3 heteroatoms. The number of nitrogens with zero attached hydrogens (tertiary/aromatic N) is 2. The number of hydrogen-bond donors (Lipinski definition) is 0. The summed E-state index contributed by atoms with van der Waals surface area (Å²) >= 11 is 1.79. The zero-order chi connectivity index (χ0) is 8.84. The largest absolute Gasteiger partial charge is 0.373 e. The Balaban J connectivity index is 2.42. The molecule has 0 saturated heterocycles. The molecule has 13 heavy (non-hydrogen) atoms. The molecule has 1 aliphatic rings. The molecule has 0 atom stereocenters. The van der Waals surface area contributed by atoms with Crippen molar-refractivity contribution in [1.82, 2.24) is 4.98 Å². The molecule has 3 heterocycles. The molecule has 0 bridgehead atoms. The zero-order valence-electron chi connectivity index (χ0n) is 7.45. The summed E-state index contributed by atoms with van der Waals surface area (Å²) in [5.41, 5.74) is 3.94. The topological polar surface area (TPSA) is 16.1 Å². The van der Waals surface area contributed by atoms with E-state index in [1.54, 1.807) is 11.3 Å². The molecular weight excluding hydrogens is 180 g/mol. The van der Waals surface area contributed by atoms with Crippen LogP contribution in [0.4, 0.5) is 5.69 Å². The fourth-order valence-electron chi connectivity index (χ4n) is 1.94. The number of anilines is 1. The molecule has 0 saturated carbocycles. The van der Waals surface area contributed by atoms with E-state index in [-0.39, 0.29) is 0 Å². The maximum atomic E-state index is 4.43. The molecule has 0 aromatic carbocycles. The molecule has 0 amide bonds. The molecule has 2 aromatic rings. The van der Waals surface area contributed by atoms with Crippen molar-refractivity contribution in [3.8, 4) is 0 Å². The van der Waals surface area contributed by atoms with E-state index in [0.29, 0.717) is 0 Å². The monoisotopic (exact) mass is 190 g/mol. The van der Waals surface area contributed by atoms with Crippen LogP contribution >= 0.6 is 11.3 Å². The maximum absolute atomic E-state index is 4.43. The van der Waals surface area contributed by atoms with Crippen LogP contribution in [0.1, 0.15) is 5.56 Å². The Bertz CT molecular complexity index is 461. The van der Waals surface area contributed by atoms with E-state index in [2.05, 4.69) is 28.4 Å². The molecule has 0 aliphatic carbocycles. The van der Waals surface area contributed by atoms with Crippen LogP contribution < -0.4 is 4.90 Å². The second kappa shape index (κ2) is 2.45.